The molecule has 0 unspecified atom stereocenters. The topological polar surface area (TPSA) is 33.6 Å². The summed E-state index contributed by atoms with van der Waals surface area (Å²) in [5, 5.41) is 0. The normalized spacial score (nSPS) is 11.0. The Balaban J connectivity index is 1.93. The molecule has 2 aromatic heterocycles. The van der Waals surface area contributed by atoms with Gasteiger partial charge in [-0.25, -0.2) is 0 Å². The fourth-order valence-corrected chi connectivity index (χ4v) is 2.94. The van der Waals surface area contributed by atoms with Crippen molar-refractivity contribution in [3.63, 3.8) is 0 Å². The van der Waals surface area contributed by atoms with Gasteiger partial charge in [-0.05, 0) is 71.1 Å². The molecule has 19 heavy (non-hydrogen) atoms. The molecular formula is C14H12IN3S. The lowest BCUT2D eigenvalue weighted by atomic mass is 10.2. The van der Waals surface area contributed by atoms with Crippen LogP contribution in [0.2, 0.25) is 0 Å². The van der Waals surface area contributed by atoms with Gasteiger partial charge < -0.3 is 9.55 Å². The Labute approximate surface area is 129 Å². The predicted octanol–water partition coefficient (Wildman–Crippen LogP) is 3.94. The van der Waals surface area contributed by atoms with Crippen LogP contribution in [0.5, 0.6) is 0 Å². The highest BCUT2D eigenvalue weighted by atomic mass is 127. The van der Waals surface area contributed by atoms with E-state index < -0.39 is 0 Å². The van der Waals surface area contributed by atoms with E-state index in [-0.39, 0.29) is 0 Å². The molecule has 96 valence electrons. The first-order valence-corrected chi connectivity index (χ1v) is 7.50. The van der Waals surface area contributed by atoms with Crippen molar-refractivity contribution in [2.24, 2.45) is 0 Å². The molecule has 0 saturated carbocycles. The van der Waals surface area contributed by atoms with E-state index in [1.165, 1.54) is 9.13 Å². The van der Waals surface area contributed by atoms with E-state index in [1.54, 1.807) is 6.20 Å². The minimum Gasteiger partial charge on any atom is -0.331 e. The quantitative estimate of drug-likeness (QED) is 0.551. The van der Waals surface area contributed by atoms with Gasteiger partial charge in [-0.3, -0.25) is 4.98 Å². The molecule has 5 heteroatoms. The van der Waals surface area contributed by atoms with Crippen molar-refractivity contribution in [3.8, 4) is 0 Å². The fraction of sp³-hybridized carbons (Fsp3) is 0.143. The number of imidazole rings is 1. The molecule has 3 aromatic rings. The van der Waals surface area contributed by atoms with Crippen LogP contribution in [0.25, 0.3) is 11.0 Å². The van der Waals surface area contributed by atoms with Gasteiger partial charge in [0.1, 0.15) is 0 Å². The zero-order valence-electron chi connectivity index (χ0n) is 10.1. The number of benzene rings is 1. The molecule has 0 fully saturated rings. The molecule has 0 amide bonds. The molecule has 1 N–H and O–H groups in total. The van der Waals surface area contributed by atoms with Crippen molar-refractivity contribution >= 4 is 45.8 Å². The summed E-state index contributed by atoms with van der Waals surface area (Å²) in [7, 11) is 0. The van der Waals surface area contributed by atoms with Crippen molar-refractivity contribution in [1.82, 2.24) is 14.5 Å². The third-order valence-electron chi connectivity index (χ3n) is 3.08. The third-order valence-corrected chi connectivity index (χ3v) is 4.08. The SMILES string of the molecule is S=c1[nH]c2cc(I)ccc2n1CCc1cccnc1. The number of hydrogen-bond acceptors (Lipinski definition) is 2. The first-order chi connectivity index (χ1) is 9.24. The third kappa shape index (κ3) is 2.71. The van der Waals surface area contributed by atoms with Crippen LogP contribution < -0.4 is 0 Å². The lowest BCUT2D eigenvalue weighted by molar-refractivity contribution is 0.705. The molecule has 0 atom stereocenters. The van der Waals surface area contributed by atoms with E-state index >= 15 is 0 Å². The van der Waals surface area contributed by atoms with Crippen LogP contribution in [0.1, 0.15) is 5.56 Å². The number of nitrogens with one attached hydrogen (secondary N) is 1. The summed E-state index contributed by atoms with van der Waals surface area (Å²) in [6.45, 7) is 0.866. The number of aryl methyl sites for hydroxylation is 2. The maximum Gasteiger partial charge on any atom is 0.178 e. The molecular weight excluding hydrogens is 369 g/mol. The second-order valence-corrected chi connectivity index (χ2v) is 5.99. The molecule has 0 aliphatic rings. The number of hydrogen-bond donors (Lipinski definition) is 1. The Kier molecular flexibility index (Phi) is 3.65. The highest BCUT2D eigenvalue weighted by molar-refractivity contribution is 14.1. The van der Waals surface area contributed by atoms with E-state index in [2.05, 4.69) is 61.4 Å². The summed E-state index contributed by atoms with van der Waals surface area (Å²) < 4.78 is 4.13. The van der Waals surface area contributed by atoms with Crippen LogP contribution >= 0.6 is 34.8 Å². The van der Waals surface area contributed by atoms with Crippen molar-refractivity contribution in [2.75, 3.05) is 0 Å². The number of pyridine rings is 1. The Morgan fingerprint density at radius 2 is 2.21 bits per heavy atom. The second-order valence-electron chi connectivity index (χ2n) is 4.35. The standard InChI is InChI=1S/C14H12IN3S/c15-11-3-4-13-12(8-11)17-14(19)18(13)7-5-10-2-1-6-16-9-10/h1-4,6,8-9H,5,7H2,(H,17,19). The Hall–Kier alpha value is -1.21. The van der Waals surface area contributed by atoms with E-state index in [9.17, 15) is 0 Å². The molecule has 3 rings (SSSR count). The highest BCUT2D eigenvalue weighted by Crippen LogP contribution is 2.17. The average molecular weight is 381 g/mol. The number of aromatic nitrogens is 3. The maximum absolute atomic E-state index is 5.40. The van der Waals surface area contributed by atoms with Gasteiger partial charge in [0.15, 0.2) is 4.77 Å². The van der Waals surface area contributed by atoms with E-state index in [0.29, 0.717) is 0 Å². The summed E-state index contributed by atoms with van der Waals surface area (Å²) in [5.74, 6) is 0. The Morgan fingerprint density at radius 1 is 1.32 bits per heavy atom. The van der Waals surface area contributed by atoms with Crippen LogP contribution in [0, 0.1) is 8.34 Å². The largest absolute Gasteiger partial charge is 0.331 e. The van der Waals surface area contributed by atoms with Crippen LogP contribution in [-0.2, 0) is 13.0 Å². The molecule has 3 nitrogen and oxygen atoms in total. The van der Waals surface area contributed by atoms with Gasteiger partial charge in [0.2, 0.25) is 0 Å². The molecule has 1 aromatic carbocycles. The fourth-order valence-electron chi connectivity index (χ4n) is 2.14. The van der Waals surface area contributed by atoms with Gasteiger partial charge in [0.25, 0.3) is 0 Å². The van der Waals surface area contributed by atoms with Gasteiger partial charge in [-0.15, -0.1) is 0 Å². The van der Waals surface area contributed by atoms with Crippen molar-refractivity contribution < 1.29 is 0 Å². The van der Waals surface area contributed by atoms with Gasteiger partial charge >= 0.3 is 0 Å². The maximum atomic E-state index is 5.40. The summed E-state index contributed by atoms with van der Waals surface area (Å²) in [6.07, 6.45) is 4.63. The average Bonchev–Trinajstić information content (AvgIpc) is 2.72. The molecule has 0 radical (unpaired) electrons. The predicted molar refractivity (Wildman–Crippen MR) is 87.8 cm³/mol. The Bertz CT molecular complexity index is 761. The number of fused-ring (bicyclic) bond motifs is 1. The molecule has 2 heterocycles. The van der Waals surface area contributed by atoms with Gasteiger partial charge in [-0.2, -0.15) is 0 Å². The molecule has 0 bridgehead atoms. The summed E-state index contributed by atoms with van der Waals surface area (Å²) in [5.41, 5.74) is 3.49. The minimum atomic E-state index is 0.779. The first kappa shape index (κ1) is 12.8. The number of H-pyrrole nitrogens is 1. The van der Waals surface area contributed by atoms with Gasteiger partial charge in [-0.1, -0.05) is 6.07 Å². The number of rotatable bonds is 3. The number of nitrogens with zero attached hydrogens (tertiary/aromatic N) is 2. The lowest BCUT2D eigenvalue weighted by Crippen LogP contribution is -2.01. The molecule has 0 aliphatic heterocycles. The van der Waals surface area contributed by atoms with Crippen molar-refractivity contribution in [2.45, 2.75) is 13.0 Å². The molecule has 0 spiro atoms. The van der Waals surface area contributed by atoms with Gasteiger partial charge in [0, 0.05) is 22.5 Å². The van der Waals surface area contributed by atoms with E-state index in [4.69, 9.17) is 12.2 Å². The lowest BCUT2D eigenvalue weighted by Gasteiger charge is -2.04. The zero-order valence-corrected chi connectivity index (χ0v) is 13.1. The Morgan fingerprint density at radius 3 is 3.00 bits per heavy atom. The minimum absolute atomic E-state index is 0.779. The van der Waals surface area contributed by atoms with Crippen LogP contribution in [0.3, 0.4) is 0 Å². The smallest absolute Gasteiger partial charge is 0.178 e. The second kappa shape index (κ2) is 5.42. The first-order valence-electron chi connectivity index (χ1n) is 6.01. The monoisotopic (exact) mass is 381 g/mol. The van der Waals surface area contributed by atoms with E-state index in [1.807, 2.05) is 12.3 Å². The molecule has 0 aliphatic carbocycles. The number of halogens is 1. The van der Waals surface area contributed by atoms with Crippen molar-refractivity contribution in [3.05, 3.63) is 56.6 Å². The summed E-state index contributed by atoms with van der Waals surface area (Å²) in [6, 6.07) is 10.4. The summed E-state index contributed by atoms with van der Waals surface area (Å²) >= 11 is 7.71. The van der Waals surface area contributed by atoms with Gasteiger partial charge in [0.05, 0.1) is 11.0 Å². The van der Waals surface area contributed by atoms with Crippen molar-refractivity contribution in [1.29, 1.82) is 0 Å². The summed E-state index contributed by atoms with van der Waals surface area (Å²) in [4.78, 5) is 7.40. The zero-order chi connectivity index (χ0) is 13.2. The highest BCUT2D eigenvalue weighted by Gasteiger charge is 2.04. The van der Waals surface area contributed by atoms with E-state index in [0.717, 1.165) is 28.8 Å². The molecule has 0 saturated heterocycles. The van der Waals surface area contributed by atoms with Crippen LogP contribution in [0.4, 0.5) is 0 Å². The number of aromatic amines is 1. The van der Waals surface area contributed by atoms with Crippen LogP contribution in [-0.4, -0.2) is 14.5 Å². The van der Waals surface area contributed by atoms with Crippen LogP contribution in [0.15, 0.2) is 42.7 Å².